The van der Waals surface area contributed by atoms with Crippen LogP contribution in [0.25, 0.3) is 0 Å². The van der Waals surface area contributed by atoms with E-state index in [1.165, 1.54) is 12.1 Å². The molecule has 0 spiro atoms. The summed E-state index contributed by atoms with van der Waals surface area (Å²) in [7, 11) is 0. The van der Waals surface area contributed by atoms with E-state index in [9.17, 15) is 14.4 Å². The minimum Gasteiger partial charge on any atom is -0.457 e. The van der Waals surface area contributed by atoms with Gasteiger partial charge in [-0.05, 0) is 105 Å². The standard InChI is InChI=1S/C27H34O7/c1-25(2,3)32-22(28)17-10-12-18(13-11-17)31-19-14-15-20(23(29)33-26(4,5)6)21(16-19)24(30)34-27(7,8)9/h10-16H,1-9H3. The molecule has 0 aliphatic carbocycles. The van der Waals surface area contributed by atoms with Crippen molar-refractivity contribution < 1.29 is 33.3 Å². The molecule has 0 N–H and O–H groups in total. The van der Waals surface area contributed by atoms with Gasteiger partial charge in [-0.3, -0.25) is 0 Å². The number of carbonyl (C=O) groups is 3. The molecule has 0 aliphatic rings. The normalized spacial score (nSPS) is 12.0. The second-order valence-corrected chi connectivity index (χ2v) is 10.8. The van der Waals surface area contributed by atoms with Crippen molar-refractivity contribution in [2.45, 2.75) is 79.1 Å². The van der Waals surface area contributed by atoms with E-state index in [4.69, 9.17) is 18.9 Å². The first-order chi connectivity index (χ1) is 15.4. The van der Waals surface area contributed by atoms with Crippen LogP contribution in [0.1, 0.15) is 93.4 Å². The Balaban J connectivity index is 2.32. The summed E-state index contributed by atoms with van der Waals surface area (Å²) in [4.78, 5) is 37.8. The Morgan fingerprint density at radius 1 is 0.529 bits per heavy atom. The van der Waals surface area contributed by atoms with Gasteiger partial charge in [0.05, 0.1) is 16.7 Å². The summed E-state index contributed by atoms with van der Waals surface area (Å²) < 4.78 is 22.1. The van der Waals surface area contributed by atoms with Gasteiger partial charge < -0.3 is 18.9 Å². The zero-order chi connectivity index (χ0) is 25.9. The molecule has 0 radical (unpaired) electrons. The average Bonchev–Trinajstić information content (AvgIpc) is 2.64. The average molecular weight is 471 g/mol. The van der Waals surface area contributed by atoms with Crippen LogP contribution in [0.3, 0.4) is 0 Å². The van der Waals surface area contributed by atoms with Crippen LogP contribution in [0.15, 0.2) is 42.5 Å². The summed E-state index contributed by atoms with van der Waals surface area (Å²) in [5.41, 5.74) is -1.58. The lowest BCUT2D eigenvalue weighted by Crippen LogP contribution is -2.28. The Hall–Kier alpha value is -3.35. The lowest BCUT2D eigenvalue weighted by Gasteiger charge is -2.23. The zero-order valence-electron chi connectivity index (χ0n) is 21.4. The third-order valence-electron chi connectivity index (χ3n) is 3.95. The molecule has 0 bridgehead atoms. The Morgan fingerprint density at radius 3 is 1.41 bits per heavy atom. The van der Waals surface area contributed by atoms with Crippen molar-refractivity contribution >= 4 is 17.9 Å². The van der Waals surface area contributed by atoms with E-state index in [2.05, 4.69) is 0 Å². The van der Waals surface area contributed by atoms with E-state index >= 15 is 0 Å². The van der Waals surface area contributed by atoms with Gasteiger partial charge in [-0.1, -0.05) is 0 Å². The summed E-state index contributed by atoms with van der Waals surface area (Å²) in [5.74, 6) is -0.987. The summed E-state index contributed by atoms with van der Waals surface area (Å²) in [6.45, 7) is 15.9. The molecule has 2 aromatic rings. The second-order valence-electron chi connectivity index (χ2n) is 10.8. The number of hydrogen-bond acceptors (Lipinski definition) is 7. The molecule has 0 heterocycles. The molecule has 34 heavy (non-hydrogen) atoms. The fourth-order valence-electron chi connectivity index (χ4n) is 2.73. The van der Waals surface area contributed by atoms with Crippen molar-refractivity contribution in [3.63, 3.8) is 0 Å². The summed E-state index contributed by atoms with van der Waals surface area (Å²) >= 11 is 0. The maximum absolute atomic E-state index is 12.9. The predicted molar refractivity (Wildman–Crippen MR) is 128 cm³/mol. The summed E-state index contributed by atoms with van der Waals surface area (Å²) in [6.07, 6.45) is 0. The van der Waals surface area contributed by atoms with E-state index in [0.29, 0.717) is 17.1 Å². The largest absolute Gasteiger partial charge is 0.457 e. The monoisotopic (exact) mass is 470 g/mol. The van der Waals surface area contributed by atoms with Gasteiger partial charge in [0.15, 0.2) is 0 Å². The van der Waals surface area contributed by atoms with Crippen molar-refractivity contribution in [3.8, 4) is 11.5 Å². The van der Waals surface area contributed by atoms with Gasteiger partial charge in [0.25, 0.3) is 0 Å². The molecule has 7 nitrogen and oxygen atoms in total. The first kappa shape index (κ1) is 26.9. The third-order valence-corrected chi connectivity index (χ3v) is 3.95. The van der Waals surface area contributed by atoms with Crippen LogP contribution in [-0.2, 0) is 14.2 Å². The molecule has 0 atom stereocenters. The number of carbonyl (C=O) groups excluding carboxylic acids is 3. The van der Waals surface area contributed by atoms with Gasteiger partial charge in [-0.15, -0.1) is 0 Å². The maximum Gasteiger partial charge on any atom is 0.339 e. The topological polar surface area (TPSA) is 88.1 Å². The van der Waals surface area contributed by atoms with Crippen LogP contribution in [0.2, 0.25) is 0 Å². The lowest BCUT2D eigenvalue weighted by atomic mass is 10.1. The Morgan fingerprint density at radius 2 is 0.941 bits per heavy atom. The van der Waals surface area contributed by atoms with E-state index in [1.807, 2.05) is 0 Å². The second kappa shape index (κ2) is 9.87. The minimum atomic E-state index is -0.753. The van der Waals surface area contributed by atoms with Crippen LogP contribution in [0.4, 0.5) is 0 Å². The van der Waals surface area contributed by atoms with Gasteiger partial charge in [-0.25, -0.2) is 14.4 Å². The maximum atomic E-state index is 12.9. The highest BCUT2D eigenvalue weighted by atomic mass is 16.6. The smallest absolute Gasteiger partial charge is 0.339 e. The van der Waals surface area contributed by atoms with Crippen LogP contribution in [-0.4, -0.2) is 34.7 Å². The molecule has 2 rings (SSSR count). The van der Waals surface area contributed by atoms with Crippen molar-refractivity contribution in [1.82, 2.24) is 0 Å². The number of rotatable bonds is 5. The molecule has 7 heteroatoms. The van der Waals surface area contributed by atoms with Crippen LogP contribution in [0.5, 0.6) is 11.5 Å². The fraction of sp³-hybridized carbons (Fsp3) is 0.444. The SMILES string of the molecule is CC(C)(C)OC(=O)c1ccc(Oc2ccc(C(=O)OC(C)(C)C)c(C(=O)OC(C)(C)C)c2)cc1. The van der Waals surface area contributed by atoms with Crippen molar-refractivity contribution in [2.75, 3.05) is 0 Å². The molecule has 184 valence electrons. The van der Waals surface area contributed by atoms with E-state index in [-0.39, 0.29) is 11.1 Å². The molecule has 0 fully saturated rings. The predicted octanol–water partition coefficient (Wildman–Crippen LogP) is 6.34. The first-order valence-corrected chi connectivity index (χ1v) is 11.1. The summed E-state index contributed by atoms with van der Waals surface area (Å²) in [6, 6.07) is 10.9. The van der Waals surface area contributed by atoms with E-state index in [0.717, 1.165) is 0 Å². The van der Waals surface area contributed by atoms with Crippen molar-refractivity contribution in [1.29, 1.82) is 0 Å². The molecule has 0 aliphatic heterocycles. The molecule has 0 saturated heterocycles. The van der Waals surface area contributed by atoms with Gasteiger partial charge in [0, 0.05) is 0 Å². The van der Waals surface area contributed by atoms with Crippen LogP contribution in [0, 0.1) is 0 Å². The highest BCUT2D eigenvalue weighted by Gasteiger charge is 2.27. The molecule has 0 aromatic heterocycles. The first-order valence-electron chi connectivity index (χ1n) is 11.1. The number of benzene rings is 2. The summed E-state index contributed by atoms with van der Waals surface area (Å²) in [5, 5.41) is 0. The molecule has 2 aromatic carbocycles. The minimum absolute atomic E-state index is 0.0343. The highest BCUT2D eigenvalue weighted by Crippen LogP contribution is 2.27. The number of esters is 3. The van der Waals surface area contributed by atoms with Crippen molar-refractivity contribution in [3.05, 3.63) is 59.2 Å². The molecular formula is C27H34O7. The Labute approximate surface area is 201 Å². The highest BCUT2D eigenvalue weighted by molar-refractivity contribution is 6.03. The fourth-order valence-corrected chi connectivity index (χ4v) is 2.73. The van der Waals surface area contributed by atoms with Gasteiger partial charge in [-0.2, -0.15) is 0 Å². The Bertz CT molecular complexity index is 1050. The molecule has 0 unspecified atom stereocenters. The van der Waals surface area contributed by atoms with Crippen LogP contribution < -0.4 is 4.74 Å². The van der Waals surface area contributed by atoms with Gasteiger partial charge >= 0.3 is 17.9 Å². The third kappa shape index (κ3) is 8.54. The van der Waals surface area contributed by atoms with E-state index in [1.54, 1.807) is 92.6 Å². The lowest BCUT2D eigenvalue weighted by molar-refractivity contribution is 0.00185. The van der Waals surface area contributed by atoms with Crippen molar-refractivity contribution in [2.24, 2.45) is 0 Å². The van der Waals surface area contributed by atoms with Crippen LogP contribution >= 0.6 is 0 Å². The van der Waals surface area contributed by atoms with E-state index < -0.39 is 34.7 Å². The van der Waals surface area contributed by atoms with Gasteiger partial charge in [0.1, 0.15) is 28.3 Å². The zero-order valence-corrected chi connectivity index (χ0v) is 21.4. The number of hydrogen-bond donors (Lipinski definition) is 0. The molecule has 0 saturated carbocycles. The van der Waals surface area contributed by atoms with Gasteiger partial charge in [0.2, 0.25) is 0 Å². The number of ether oxygens (including phenoxy) is 4. The Kier molecular flexibility index (Phi) is 7.81. The molecular weight excluding hydrogens is 436 g/mol. The quantitative estimate of drug-likeness (QED) is 0.372. The molecule has 0 amide bonds.